The number of fused-ring (bicyclic) bond motifs is 8. The molecule has 4 atom stereocenters. The van der Waals surface area contributed by atoms with E-state index in [1.54, 1.807) is 0 Å². The summed E-state index contributed by atoms with van der Waals surface area (Å²) in [4.78, 5) is 74.6. The maximum Gasteiger partial charge on any atom is 0.241 e. The fourth-order valence-corrected chi connectivity index (χ4v) is 12.1. The third-order valence-corrected chi connectivity index (χ3v) is 16.1. The van der Waals surface area contributed by atoms with Crippen molar-refractivity contribution in [2.75, 3.05) is 47.4 Å². The Labute approximate surface area is 462 Å². The number of amides is 4. The van der Waals surface area contributed by atoms with Gasteiger partial charge in [0.1, 0.15) is 0 Å². The molecule has 16 heteroatoms. The SMILES string of the molecule is O=C(Nc1ccccc1-c1c2nc(c(-c3ccccc3NC(=O)[C@@H]3CCCN3)c3ccc([nH]3)c(-c3ccccc3NC(=O)[C@@H]3CCCN3)c3nc(c(-c4ccccc4NC(=O)[C@@H]4CCCN4)c4ccc1[nH]4)C=C3)C=C2)[C@@H]1CCCN1. The molecule has 3 aromatic heterocycles. The van der Waals surface area contributed by atoms with Gasteiger partial charge < -0.3 is 52.5 Å². The normalized spacial score (nSPS) is 19.3. The van der Waals surface area contributed by atoms with Crippen LogP contribution < -0.4 is 42.5 Å². The minimum atomic E-state index is -0.318. The molecule has 16 nitrogen and oxygen atoms in total. The fourth-order valence-electron chi connectivity index (χ4n) is 12.1. The van der Waals surface area contributed by atoms with Crippen LogP contribution in [0.3, 0.4) is 0 Å². The van der Waals surface area contributed by atoms with E-state index in [4.69, 9.17) is 9.97 Å². The predicted molar refractivity (Wildman–Crippen MR) is 319 cm³/mol. The van der Waals surface area contributed by atoms with Crippen molar-refractivity contribution in [3.05, 3.63) is 144 Å². The molecule has 6 aliphatic rings. The first kappa shape index (κ1) is 50.7. The molecule has 4 fully saturated rings. The van der Waals surface area contributed by atoms with Gasteiger partial charge in [0.25, 0.3) is 0 Å². The second kappa shape index (κ2) is 22.1. The highest BCUT2D eigenvalue weighted by Crippen LogP contribution is 2.43. The van der Waals surface area contributed by atoms with Gasteiger partial charge in [0.05, 0.1) is 46.9 Å². The van der Waals surface area contributed by atoms with Crippen LogP contribution in [0.5, 0.6) is 0 Å². The highest BCUT2D eigenvalue weighted by atomic mass is 16.2. The Hall–Kier alpha value is -8.80. The van der Waals surface area contributed by atoms with Gasteiger partial charge in [-0.25, -0.2) is 9.97 Å². The lowest BCUT2D eigenvalue weighted by Crippen LogP contribution is -2.35. The summed E-state index contributed by atoms with van der Waals surface area (Å²) < 4.78 is 0. The molecule has 402 valence electrons. The van der Waals surface area contributed by atoms with E-state index in [-0.39, 0.29) is 47.8 Å². The van der Waals surface area contributed by atoms with E-state index in [2.05, 4.69) is 52.5 Å². The summed E-state index contributed by atoms with van der Waals surface area (Å²) in [5.41, 5.74) is 13.8. The van der Waals surface area contributed by atoms with Gasteiger partial charge in [-0.3, -0.25) is 19.2 Å². The minimum Gasteiger partial charge on any atom is -0.354 e. The van der Waals surface area contributed by atoms with E-state index in [9.17, 15) is 19.2 Å². The summed E-state index contributed by atoms with van der Waals surface area (Å²) >= 11 is 0. The first-order valence-corrected chi connectivity index (χ1v) is 28.0. The van der Waals surface area contributed by atoms with E-state index in [0.29, 0.717) is 67.6 Å². The van der Waals surface area contributed by atoms with Crippen LogP contribution in [-0.2, 0) is 19.2 Å². The number of carbonyl (C=O) groups excluding carboxylic acids is 4. The monoisotopic (exact) mass is 1060 g/mol. The average Bonchev–Trinajstić information content (AvgIpc) is 4.38. The van der Waals surface area contributed by atoms with Crippen molar-refractivity contribution in [1.29, 1.82) is 0 Å². The molecule has 0 saturated carbocycles. The van der Waals surface area contributed by atoms with Gasteiger partial charge in [0.15, 0.2) is 0 Å². The zero-order chi connectivity index (χ0) is 54.1. The van der Waals surface area contributed by atoms with Crippen LogP contribution in [-0.4, -0.2) is 93.9 Å². The van der Waals surface area contributed by atoms with Crippen LogP contribution in [0.25, 0.3) is 90.9 Å². The number of hydrogen-bond acceptors (Lipinski definition) is 10. The van der Waals surface area contributed by atoms with Crippen LogP contribution in [0.2, 0.25) is 0 Å². The number of para-hydroxylation sites is 4. The molecule has 0 aliphatic carbocycles. The van der Waals surface area contributed by atoms with Crippen molar-refractivity contribution >= 4 is 92.7 Å². The van der Waals surface area contributed by atoms with Crippen LogP contribution in [0.1, 0.15) is 74.1 Å². The molecule has 0 radical (unpaired) electrons. The van der Waals surface area contributed by atoms with Gasteiger partial charge in [0, 0.05) is 89.3 Å². The highest BCUT2D eigenvalue weighted by molar-refractivity contribution is 6.08. The predicted octanol–water partition coefficient (Wildman–Crippen LogP) is 10.1. The molecule has 80 heavy (non-hydrogen) atoms. The number of anilines is 4. The van der Waals surface area contributed by atoms with Gasteiger partial charge in [-0.05, 0) is 150 Å². The third kappa shape index (κ3) is 10.0. The number of carbonyl (C=O) groups is 4. The molecule has 0 unspecified atom stereocenters. The van der Waals surface area contributed by atoms with Crippen LogP contribution in [0.4, 0.5) is 22.7 Å². The molecule has 10 N–H and O–H groups in total. The Kier molecular flexibility index (Phi) is 14.0. The highest BCUT2D eigenvalue weighted by Gasteiger charge is 2.29. The summed E-state index contributed by atoms with van der Waals surface area (Å²) in [5, 5.41) is 26.5. The third-order valence-electron chi connectivity index (χ3n) is 16.1. The molecule has 6 aliphatic heterocycles. The molecular weight excluding hydrogens is 1000 g/mol. The number of H-pyrrole nitrogens is 2. The van der Waals surface area contributed by atoms with Gasteiger partial charge in [-0.15, -0.1) is 0 Å². The van der Waals surface area contributed by atoms with E-state index in [1.165, 1.54) is 0 Å². The molecule has 7 aromatic rings. The Morgan fingerprint density at radius 2 is 0.575 bits per heavy atom. The second-order valence-electron chi connectivity index (χ2n) is 21.2. The lowest BCUT2D eigenvalue weighted by molar-refractivity contribution is -0.118. The fraction of sp³-hybridized carbons (Fsp3) is 0.250. The maximum atomic E-state index is 14.0. The standard InChI is InChI=1S/C64H62N12O4/c77-61(53-21-9-33-65-53)73-41-17-5-1-13-37(41)57-45-25-27-47(69-45)58(38-14-2-6-18-42(38)74-62(78)54-22-10-34-66-54)49-29-31-51(71-49)60(40-16-4-8-20-44(40)76-64(80)56-24-12-36-68-56)52-32-30-50(72-52)59(48-28-26-46(57)70-48)39-15-3-7-19-43(39)75-63(79)55-23-11-35-67-55/h1-8,13-20,25-32,53-56,65-69,72H,9-12,21-24,33-36H2,(H,73,77)(H,74,78)(H,75,79)(H,76,80)/t53-,54-,55-,56-/m0/s1. The van der Waals surface area contributed by atoms with E-state index >= 15 is 0 Å². The van der Waals surface area contributed by atoms with Crippen LogP contribution in [0.15, 0.2) is 121 Å². The minimum absolute atomic E-state index is 0.108. The molecule has 13 rings (SSSR count). The summed E-state index contributed by atoms with van der Waals surface area (Å²) in [7, 11) is 0. The molecule has 9 heterocycles. The van der Waals surface area contributed by atoms with E-state index < -0.39 is 0 Å². The quantitative estimate of drug-likeness (QED) is 0.0558. The summed E-state index contributed by atoms with van der Waals surface area (Å²) in [6, 6.07) is 38.1. The first-order valence-electron chi connectivity index (χ1n) is 28.0. The topological polar surface area (TPSA) is 222 Å². The molecule has 4 aromatic carbocycles. The van der Waals surface area contributed by atoms with Crippen LogP contribution >= 0.6 is 0 Å². The number of benzene rings is 4. The average molecular weight is 1060 g/mol. The maximum absolute atomic E-state index is 14.0. The zero-order valence-electron chi connectivity index (χ0n) is 44.2. The number of nitrogens with zero attached hydrogens (tertiary/aromatic N) is 2. The number of aromatic amines is 2. The molecule has 0 spiro atoms. The van der Waals surface area contributed by atoms with Crippen molar-refractivity contribution in [2.45, 2.75) is 75.5 Å². The molecule has 4 amide bonds. The van der Waals surface area contributed by atoms with Crippen molar-refractivity contribution < 1.29 is 19.2 Å². The first-order chi connectivity index (χ1) is 39.3. The van der Waals surface area contributed by atoms with Crippen LogP contribution in [0, 0.1) is 0 Å². The zero-order valence-corrected chi connectivity index (χ0v) is 44.2. The Morgan fingerprint density at radius 3 is 0.800 bits per heavy atom. The van der Waals surface area contributed by atoms with Crippen molar-refractivity contribution in [2.24, 2.45) is 0 Å². The second-order valence-corrected chi connectivity index (χ2v) is 21.2. The lowest BCUT2D eigenvalue weighted by atomic mass is 10.0. The molecule has 8 bridgehead atoms. The molecular formula is C64H62N12O4. The van der Waals surface area contributed by atoms with Gasteiger partial charge >= 0.3 is 0 Å². The van der Waals surface area contributed by atoms with Crippen molar-refractivity contribution in [1.82, 2.24) is 41.2 Å². The Bertz CT molecular complexity index is 3350. The summed E-state index contributed by atoms with van der Waals surface area (Å²) in [6.07, 6.45) is 14.6. The summed E-state index contributed by atoms with van der Waals surface area (Å²) in [5.74, 6) is -0.430. The van der Waals surface area contributed by atoms with Gasteiger partial charge in [0.2, 0.25) is 23.6 Å². The molecule has 4 saturated heterocycles. The number of aromatic nitrogens is 4. The summed E-state index contributed by atoms with van der Waals surface area (Å²) in [6.45, 7) is 3.11. The van der Waals surface area contributed by atoms with Crippen molar-refractivity contribution in [3.63, 3.8) is 0 Å². The Morgan fingerprint density at radius 1 is 0.338 bits per heavy atom. The number of hydrogen-bond donors (Lipinski definition) is 10. The van der Waals surface area contributed by atoms with E-state index in [0.717, 1.165) is 122 Å². The van der Waals surface area contributed by atoms with Gasteiger partial charge in [-0.2, -0.15) is 0 Å². The lowest BCUT2D eigenvalue weighted by Gasteiger charge is -2.16. The number of rotatable bonds is 12. The van der Waals surface area contributed by atoms with E-state index in [1.807, 2.05) is 146 Å². The van der Waals surface area contributed by atoms with Crippen molar-refractivity contribution in [3.8, 4) is 44.5 Å². The largest absolute Gasteiger partial charge is 0.354 e. The number of nitrogens with one attached hydrogen (secondary N) is 10. The Balaban J connectivity index is 1.11. The van der Waals surface area contributed by atoms with Gasteiger partial charge in [-0.1, -0.05) is 72.8 Å². The smallest absolute Gasteiger partial charge is 0.241 e.